The predicted molar refractivity (Wildman–Crippen MR) is 74.8 cm³/mol. The van der Waals surface area contributed by atoms with Gasteiger partial charge in [0.05, 0.1) is 11.6 Å². The van der Waals surface area contributed by atoms with E-state index in [4.69, 9.17) is 21.1 Å². The Morgan fingerprint density at radius 1 is 1.53 bits per heavy atom. The lowest BCUT2D eigenvalue weighted by Gasteiger charge is -2.12. The van der Waals surface area contributed by atoms with Gasteiger partial charge in [0.25, 0.3) is 0 Å². The highest BCUT2D eigenvalue weighted by Crippen LogP contribution is 2.29. The van der Waals surface area contributed by atoms with Crippen LogP contribution in [0.15, 0.2) is 18.2 Å². The van der Waals surface area contributed by atoms with Crippen LogP contribution in [0.4, 0.5) is 5.69 Å². The molecule has 19 heavy (non-hydrogen) atoms. The molecule has 1 aromatic rings. The zero-order valence-corrected chi connectivity index (χ0v) is 11.9. The number of carbonyl (C=O) groups is 1. The quantitative estimate of drug-likeness (QED) is 0.843. The number of esters is 1. The van der Waals surface area contributed by atoms with Crippen molar-refractivity contribution in [3.8, 4) is 5.75 Å². The first-order valence-electron chi connectivity index (χ1n) is 6.49. The number of benzene rings is 1. The van der Waals surface area contributed by atoms with Crippen molar-refractivity contribution in [3.63, 3.8) is 0 Å². The van der Waals surface area contributed by atoms with Gasteiger partial charge in [0.2, 0.25) is 0 Å². The van der Waals surface area contributed by atoms with Gasteiger partial charge in [0.1, 0.15) is 17.9 Å². The minimum atomic E-state index is -0.298. The molecule has 1 aromatic carbocycles. The van der Waals surface area contributed by atoms with Crippen LogP contribution in [0.1, 0.15) is 26.7 Å². The molecule has 0 unspecified atom stereocenters. The van der Waals surface area contributed by atoms with Crippen molar-refractivity contribution >= 4 is 23.3 Å². The number of nitrogens with one attached hydrogen (secondary N) is 1. The number of carbonyl (C=O) groups excluding carboxylic acids is 1. The maximum Gasteiger partial charge on any atom is 0.328 e. The second-order valence-electron chi connectivity index (χ2n) is 4.67. The lowest BCUT2D eigenvalue weighted by Crippen LogP contribution is -2.24. The van der Waals surface area contributed by atoms with E-state index in [1.54, 1.807) is 6.07 Å². The monoisotopic (exact) mass is 283 g/mol. The second-order valence-corrected chi connectivity index (χ2v) is 5.08. The summed E-state index contributed by atoms with van der Waals surface area (Å²) in [6.07, 6.45) is 1.57. The first kappa shape index (κ1) is 14.0. The van der Waals surface area contributed by atoms with E-state index in [9.17, 15) is 4.79 Å². The van der Waals surface area contributed by atoms with Crippen LogP contribution in [-0.4, -0.2) is 24.7 Å². The molecule has 104 valence electrons. The number of halogens is 1. The lowest BCUT2D eigenvalue weighted by molar-refractivity contribution is -0.141. The smallest absolute Gasteiger partial charge is 0.328 e. The zero-order valence-electron chi connectivity index (χ0n) is 11.1. The summed E-state index contributed by atoms with van der Waals surface area (Å²) in [6.45, 7) is 4.56. The topological polar surface area (TPSA) is 47.6 Å². The lowest BCUT2D eigenvalue weighted by atomic mass is 10.2. The van der Waals surface area contributed by atoms with Crippen LogP contribution in [0.3, 0.4) is 0 Å². The molecule has 1 heterocycles. The van der Waals surface area contributed by atoms with E-state index in [-0.39, 0.29) is 18.1 Å². The van der Waals surface area contributed by atoms with E-state index < -0.39 is 0 Å². The van der Waals surface area contributed by atoms with Crippen molar-refractivity contribution in [2.24, 2.45) is 0 Å². The maximum absolute atomic E-state index is 11.5. The molecule has 0 aromatic heterocycles. The highest BCUT2D eigenvalue weighted by molar-refractivity contribution is 6.32. The Kier molecular flexibility index (Phi) is 4.53. The normalized spacial score (nSPS) is 22.2. The molecule has 4 nitrogen and oxygen atoms in total. The molecule has 1 N–H and O–H groups in total. The number of hydrogen-bond acceptors (Lipinski definition) is 4. The molecule has 0 spiro atoms. The van der Waals surface area contributed by atoms with Gasteiger partial charge in [-0.15, -0.1) is 0 Å². The van der Waals surface area contributed by atoms with Crippen LogP contribution in [0.2, 0.25) is 5.02 Å². The molecule has 0 aliphatic carbocycles. The molecule has 1 aliphatic heterocycles. The van der Waals surface area contributed by atoms with E-state index in [0.29, 0.717) is 23.8 Å². The summed E-state index contributed by atoms with van der Waals surface area (Å²) in [6, 6.07) is 5.13. The van der Waals surface area contributed by atoms with E-state index in [2.05, 4.69) is 5.32 Å². The van der Waals surface area contributed by atoms with Crippen molar-refractivity contribution in [1.82, 2.24) is 0 Å². The molecule has 0 amide bonds. The molecule has 0 bridgehead atoms. The van der Waals surface area contributed by atoms with Crippen LogP contribution in [0, 0.1) is 0 Å². The number of rotatable bonds is 5. The van der Waals surface area contributed by atoms with E-state index >= 15 is 0 Å². The predicted octanol–water partition coefficient (Wildman–Crippen LogP) is 3.24. The fraction of sp³-hybridized carbons (Fsp3) is 0.500. The fourth-order valence-electron chi connectivity index (χ4n) is 2.00. The van der Waals surface area contributed by atoms with Crippen LogP contribution >= 0.6 is 11.6 Å². The van der Waals surface area contributed by atoms with Gasteiger partial charge < -0.3 is 14.8 Å². The summed E-state index contributed by atoms with van der Waals surface area (Å²) in [5.41, 5.74) is 0.796. The largest absolute Gasteiger partial charge is 0.492 e. The van der Waals surface area contributed by atoms with Gasteiger partial charge >= 0.3 is 5.97 Å². The van der Waals surface area contributed by atoms with Gasteiger partial charge in [-0.2, -0.15) is 0 Å². The molecule has 2 atom stereocenters. The maximum atomic E-state index is 11.5. The summed E-state index contributed by atoms with van der Waals surface area (Å²) in [4.78, 5) is 11.5. The third kappa shape index (κ3) is 3.53. The van der Waals surface area contributed by atoms with Crippen LogP contribution < -0.4 is 10.1 Å². The molecule has 5 heteroatoms. The molecule has 1 aliphatic rings. The van der Waals surface area contributed by atoms with Crippen LogP contribution in [-0.2, 0) is 9.53 Å². The van der Waals surface area contributed by atoms with E-state index in [0.717, 1.165) is 12.1 Å². The highest BCUT2D eigenvalue weighted by Gasteiger charge is 2.31. The SMILES string of the molecule is CCCOc1ccc(N[C@@H]2C[C@H](C)OC2=O)cc1Cl. The van der Waals surface area contributed by atoms with Crippen molar-refractivity contribution in [2.45, 2.75) is 38.8 Å². The average molecular weight is 284 g/mol. The minimum Gasteiger partial charge on any atom is -0.492 e. The third-order valence-corrected chi connectivity index (χ3v) is 3.20. The first-order valence-corrected chi connectivity index (χ1v) is 6.87. The Hall–Kier alpha value is -1.42. The summed E-state index contributed by atoms with van der Waals surface area (Å²) in [5, 5.41) is 3.67. The zero-order chi connectivity index (χ0) is 13.8. The van der Waals surface area contributed by atoms with Crippen molar-refractivity contribution in [2.75, 3.05) is 11.9 Å². The van der Waals surface area contributed by atoms with Gasteiger partial charge in [-0.1, -0.05) is 18.5 Å². The van der Waals surface area contributed by atoms with Gasteiger partial charge in [-0.3, -0.25) is 0 Å². The van der Waals surface area contributed by atoms with Gasteiger partial charge in [0.15, 0.2) is 0 Å². The van der Waals surface area contributed by atoms with Crippen LogP contribution in [0.25, 0.3) is 0 Å². The third-order valence-electron chi connectivity index (χ3n) is 2.90. The van der Waals surface area contributed by atoms with Crippen LogP contribution in [0.5, 0.6) is 5.75 Å². The molecule has 1 saturated heterocycles. The number of hydrogen-bond donors (Lipinski definition) is 1. The summed E-state index contributed by atoms with van der Waals surface area (Å²) < 4.78 is 10.6. The Morgan fingerprint density at radius 2 is 2.32 bits per heavy atom. The van der Waals surface area contributed by atoms with E-state index in [1.807, 2.05) is 26.0 Å². The standard InChI is InChI=1S/C14H18ClNO3/c1-3-6-18-13-5-4-10(8-11(13)15)16-12-7-9(2)19-14(12)17/h4-5,8-9,12,16H,3,6-7H2,1-2H3/t9-,12+/m0/s1. The van der Waals surface area contributed by atoms with Crippen molar-refractivity contribution < 1.29 is 14.3 Å². The molecule has 0 radical (unpaired) electrons. The number of anilines is 1. The molecule has 1 fully saturated rings. The molecule has 2 rings (SSSR count). The number of ether oxygens (including phenoxy) is 2. The number of cyclic esters (lactones) is 1. The van der Waals surface area contributed by atoms with Crippen molar-refractivity contribution in [3.05, 3.63) is 23.2 Å². The molecular formula is C14H18ClNO3. The molecular weight excluding hydrogens is 266 g/mol. The Morgan fingerprint density at radius 3 is 2.89 bits per heavy atom. The Labute approximate surface area is 118 Å². The average Bonchev–Trinajstić information content (AvgIpc) is 2.67. The minimum absolute atomic E-state index is 0.0346. The van der Waals surface area contributed by atoms with E-state index in [1.165, 1.54) is 0 Å². The first-order chi connectivity index (χ1) is 9.10. The summed E-state index contributed by atoms with van der Waals surface area (Å²) in [7, 11) is 0. The fourth-order valence-corrected chi connectivity index (χ4v) is 2.23. The summed E-state index contributed by atoms with van der Waals surface area (Å²) in [5.74, 6) is 0.450. The van der Waals surface area contributed by atoms with Gasteiger partial charge in [-0.05, 0) is 31.5 Å². The van der Waals surface area contributed by atoms with Gasteiger partial charge in [-0.25, -0.2) is 4.79 Å². The van der Waals surface area contributed by atoms with Gasteiger partial charge in [0, 0.05) is 12.1 Å². The Bertz CT molecular complexity index is 464. The highest BCUT2D eigenvalue weighted by atomic mass is 35.5. The second kappa shape index (κ2) is 6.15. The van der Waals surface area contributed by atoms with Crippen molar-refractivity contribution in [1.29, 1.82) is 0 Å². The Balaban J connectivity index is 2.02. The summed E-state index contributed by atoms with van der Waals surface area (Å²) >= 11 is 6.13. The molecule has 0 saturated carbocycles.